The van der Waals surface area contributed by atoms with Gasteiger partial charge in [0.15, 0.2) is 0 Å². The van der Waals surface area contributed by atoms with E-state index in [0.717, 1.165) is 0 Å². The predicted molar refractivity (Wildman–Crippen MR) is 117 cm³/mol. The number of hydrogen-bond donors (Lipinski definition) is 2. The Morgan fingerprint density at radius 3 is 2.21 bits per heavy atom. The molecule has 2 rings (SSSR count). The minimum atomic E-state index is -1.42. The summed E-state index contributed by atoms with van der Waals surface area (Å²) in [6, 6.07) is 15.9. The summed E-state index contributed by atoms with van der Waals surface area (Å²) in [4.78, 5) is 25.1. The van der Waals surface area contributed by atoms with E-state index in [9.17, 15) is 9.59 Å². The molecule has 0 aliphatic heterocycles. The molecule has 1 atom stereocenters. The lowest BCUT2D eigenvalue weighted by Crippen LogP contribution is -2.38. The van der Waals surface area contributed by atoms with Gasteiger partial charge in [-0.15, -0.1) is 0 Å². The van der Waals surface area contributed by atoms with Gasteiger partial charge in [0.2, 0.25) is 5.91 Å². The van der Waals surface area contributed by atoms with Crippen LogP contribution in [-0.4, -0.2) is 27.0 Å². The zero-order valence-corrected chi connectivity index (χ0v) is 18.3. The maximum atomic E-state index is 12.9. The molecule has 0 saturated heterocycles. The van der Waals surface area contributed by atoms with Crippen molar-refractivity contribution in [2.24, 2.45) is 0 Å². The van der Waals surface area contributed by atoms with Crippen LogP contribution in [0.2, 0.25) is 19.6 Å². The highest BCUT2D eigenvalue weighted by atomic mass is 28.3. The van der Waals surface area contributed by atoms with Gasteiger partial charge in [0.05, 0.1) is 21.3 Å². The Hall–Kier alpha value is -3.11. The molecule has 2 N–H and O–H groups in total. The van der Waals surface area contributed by atoms with E-state index in [1.165, 1.54) is 5.19 Å². The average molecular weight is 410 g/mol. The molecule has 0 bridgehead atoms. The number of methoxy groups -OCH3 is 1. The zero-order valence-electron chi connectivity index (χ0n) is 17.3. The van der Waals surface area contributed by atoms with Crippen molar-refractivity contribution in [1.29, 1.82) is 5.26 Å². The van der Waals surface area contributed by atoms with Crippen molar-refractivity contribution in [2.75, 3.05) is 12.4 Å². The monoisotopic (exact) mass is 409 g/mol. The molecule has 0 spiro atoms. The van der Waals surface area contributed by atoms with E-state index in [0.29, 0.717) is 17.0 Å². The van der Waals surface area contributed by atoms with E-state index >= 15 is 0 Å². The van der Waals surface area contributed by atoms with Crippen molar-refractivity contribution >= 4 is 30.8 Å². The lowest BCUT2D eigenvalue weighted by atomic mass is 10.1. The van der Waals surface area contributed by atoms with Gasteiger partial charge in [-0.1, -0.05) is 49.1 Å². The van der Waals surface area contributed by atoms with Crippen LogP contribution in [0, 0.1) is 11.3 Å². The lowest BCUT2D eigenvalue weighted by Gasteiger charge is -2.20. The number of carbonyl (C=O) groups is 2. The molecule has 1 unspecified atom stereocenters. The highest BCUT2D eigenvalue weighted by Gasteiger charge is 2.23. The number of nitrogens with one attached hydrogen (secondary N) is 2. The summed E-state index contributed by atoms with van der Waals surface area (Å²) in [7, 11) is 0.140. The zero-order chi connectivity index (χ0) is 21.4. The van der Waals surface area contributed by atoms with Crippen molar-refractivity contribution < 1.29 is 14.3 Å². The summed E-state index contributed by atoms with van der Waals surface area (Å²) in [5, 5.41) is 15.6. The van der Waals surface area contributed by atoms with Gasteiger partial charge in [0.25, 0.3) is 5.91 Å². The molecular formula is C22H27N3O3Si. The Labute approximate surface area is 172 Å². The van der Waals surface area contributed by atoms with Crippen LogP contribution in [0.4, 0.5) is 5.69 Å². The number of amides is 2. The van der Waals surface area contributed by atoms with Crippen LogP contribution in [0.1, 0.15) is 24.4 Å². The molecule has 152 valence electrons. The van der Waals surface area contributed by atoms with Crippen molar-refractivity contribution in [3.8, 4) is 11.8 Å². The van der Waals surface area contributed by atoms with E-state index in [1.807, 2.05) is 30.3 Å². The Morgan fingerprint density at radius 2 is 1.69 bits per heavy atom. The maximum Gasteiger partial charge on any atom is 0.251 e. The second-order valence-electron chi connectivity index (χ2n) is 7.75. The predicted octanol–water partition coefficient (Wildman–Crippen LogP) is 3.34. The molecule has 0 aliphatic carbocycles. The highest BCUT2D eigenvalue weighted by molar-refractivity contribution is 6.88. The third-order valence-electron chi connectivity index (χ3n) is 4.50. The largest absolute Gasteiger partial charge is 0.497 e. The lowest BCUT2D eigenvalue weighted by molar-refractivity contribution is -0.126. The number of carbonyl (C=O) groups excluding carboxylic acids is 2. The number of nitrogens with zero attached hydrogens (tertiary/aromatic N) is 1. The quantitative estimate of drug-likeness (QED) is 0.654. The molecule has 0 fully saturated rings. The summed E-state index contributed by atoms with van der Waals surface area (Å²) in [5.41, 5.74) is 1.30. The standard InChI is InChI=1S/C22H27N3O3Si/c1-28-18-11-7-16(8-12-18)21(25-20(26)6-5-15-23)22(27)24-17-9-13-19(14-10-17)29(2,3)4/h7-14,21H,5-6H2,1-4H3,(H,24,27)(H,25,26). The molecular weight excluding hydrogens is 382 g/mol. The SMILES string of the molecule is COc1ccc(C(NC(=O)CCC#N)C(=O)Nc2ccc([Si](C)(C)C)cc2)cc1. The highest BCUT2D eigenvalue weighted by Crippen LogP contribution is 2.20. The number of hydrogen-bond acceptors (Lipinski definition) is 4. The summed E-state index contributed by atoms with van der Waals surface area (Å²) < 4.78 is 5.16. The van der Waals surface area contributed by atoms with Gasteiger partial charge >= 0.3 is 0 Å². The molecule has 0 saturated carbocycles. The normalized spacial score (nSPS) is 11.8. The van der Waals surface area contributed by atoms with Gasteiger partial charge in [-0.3, -0.25) is 9.59 Å². The van der Waals surface area contributed by atoms with Crippen molar-refractivity contribution in [3.63, 3.8) is 0 Å². The van der Waals surface area contributed by atoms with Crippen LogP contribution in [0.5, 0.6) is 5.75 Å². The fourth-order valence-corrected chi connectivity index (χ4v) is 3.93. The fourth-order valence-electron chi connectivity index (χ4n) is 2.77. The summed E-state index contributed by atoms with van der Waals surface area (Å²) in [6.45, 7) is 6.78. The Kier molecular flexibility index (Phi) is 7.57. The van der Waals surface area contributed by atoms with Crippen molar-refractivity contribution in [2.45, 2.75) is 38.5 Å². The minimum Gasteiger partial charge on any atom is -0.497 e. The van der Waals surface area contributed by atoms with Gasteiger partial charge in [-0.2, -0.15) is 5.26 Å². The van der Waals surface area contributed by atoms with E-state index in [1.54, 1.807) is 31.4 Å². The van der Waals surface area contributed by atoms with Crippen LogP contribution in [0.3, 0.4) is 0 Å². The van der Waals surface area contributed by atoms with E-state index in [-0.39, 0.29) is 24.7 Å². The topological polar surface area (TPSA) is 91.2 Å². The second-order valence-corrected chi connectivity index (χ2v) is 12.8. The van der Waals surface area contributed by atoms with E-state index in [4.69, 9.17) is 10.00 Å². The molecule has 2 amide bonds. The van der Waals surface area contributed by atoms with Crippen LogP contribution < -0.4 is 20.6 Å². The fraction of sp³-hybridized carbons (Fsp3) is 0.318. The third kappa shape index (κ3) is 6.47. The Morgan fingerprint density at radius 1 is 1.07 bits per heavy atom. The van der Waals surface area contributed by atoms with Crippen LogP contribution in [-0.2, 0) is 9.59 Å². The third-order valence-corrected chi connectivity index (χ3v) is 6.56. The van der Waals surface area contributed by atoms with Crippen molar-refractivity contribution in [1.82, 2.24) is 5.32 Å². The summed E-state index contributed by atoms with van der Waals surface area (Å²) in [5.74, 6) is -0.0384. The molecule has 0 aliphatic rings. The molecule has 2 aromatic carbocycles. The van der Waals surface area contributed by atoms with Gasteiger partial charge < -0.3 is 15.4 Å². The molecule has 6 nitrogen and oxygen atoms in total. The molecule has 0 radical (unpaired) electrons. The smallest absolute Gasteiger partial charge is 0.251 e. The van der Waals surface area contributed by atoms with Crippen molar-refractivity contribution in [3.05, 3.63) is 54.1 Å². The van der Waals surface area contributed by atoms with Gasteiger partial charge in [-0.25, -0.2) is 0 Å². The first-order valence-electron chi connectivity index (χ1n) is 9.46. The van der Waals surface area contributed by atoms with Crippen LogP contribution in [0.15, 0.2) is 48.5 Å². The molecule has 0 heterocycles. The first-order valence-corrected chi connectivity index (χ1v) is 13.0. The molecule has 0 aromatic heterocycles. The first-order chi connectivity index (χ1) is 13.7. The molecule has 7 heteroatoms. The number of rotatable bonds is 8. The second kappa shape index (κ2) is 9.89. The Balaban J connectivity index is 2.20. The number of ether oxygens (including phenoxy) is 1. The van der Waals surface area contributed by atoms with Gasteiger partial charge in [0.1, 0.15) is 11.8 Å². The average Bonchev–Trinajstić information content (AvgIpc) is 2.70. The van der Waals surface area contributed by atoms with E-state index < -0.39 is 14.1 Å². The number of benzene rings is 2. The molecule has 29 heavy (non-hydrogen) atoms. The van der Waals surface area contributed by atoms with Gasteiger partial charge in [-0.05, 0) is 29.8 Å². The maximum absolute atomic E-state index is 12.9. The van der Waals surface area contributed by atoms with Crippen LogP contribution in [0.25, 0.3) is 0 Å². The van der Waals surface area contributed by atoms with E-state index in [2.05, 4.69) is 30.3 Å². The molecule has 2 aromatic rings. The minimum absolute atomic E-state index is 0.0430. The number of nitriles is 1. The van der Waals surface area contributed by atoms with Gasteiger partial charge in [0, 0.05) is 18.5 Å². The Bertz CT molecular complexity index is 882. The summed E-state index contributed by atoms with van der Waals surface area (Å²) >= 11 is 0. The first kappa shape index (κ1) is 22.2. The summed E-state index contributed by atoms with van der Waals surface area (Å²) in [6.07, 6.45) is 0.141. The van der Waals surface area contributed by atoms with Crippen LogP contribution >= 0.6 is 0 Å². The number of anilines is 1.